The lowest BCUT2D eigenvalue weighted by Crippen LogP contribution is -2.10. The zero-order chi connectivity index (χ0) is 8.65. The van der Waals surface area contributed by atoms with Crippen LogP contribution in [0.5, 0.6) is 0 Å². The van der Waals surface area contributed by atoms with Crippen molar-refractivity contribution in [1.29, 1.82) is 0 Å². The third-order valence-corrected chi connectivity index (χ3v) is 3.25. The molecule has 0 aliphatic rings. The number of hydrogen-bond donors (Lipinski definition) is 0. The Morgan fingerprint density at radius 3 is 2.18 bits per heavy atom. The Morgan fingerprint density at radius 1 is 1.45 bits per heavy atom. The molecular weight excluding hydrogens is 229 g/mol. The summed E-state index contributed by atoms with van der Waals surface area (Å²) in [6.45, 7) is 6.03. The van der Waals surface area contributed by atoms with E-state index in [4.69, 9.17) is 0 Å². The van der Waals surface area contributed by atoms with E-state index in [-0.39, 0.29) is 5.41 Å². The maximum atomic E-state index is 12.7. The second-order valence-electron chi connectivity index (χ2n) is 3.33. The monoisotopic (exact) mass is 237 g/mol. The fraction of sp³-hybridized carbons (Fsp3) is 0.571. The standard InChI is InChI=1S/C7H9BrFNS/c1-7(2,3)6-10-5(9)4(8)11-6/h1-3H3. The molecule has 0 radical (unpaired) electrons. The van der Waals surface area contributed by atoms with Gasteiger partial charge in [-0.3, -0.25) is 0 Å². The van der Waals surface area contributed by atoms with Gasteiger partial charge in [0.25, 0.3) is 0 Å². The highest BCUT2D eigenvalue weighted by Gasteiger charge is 2.20. The molecule has 4 heteroatoms. The molecule has 0 amide bonds. The van der Waals surface area contributed by atoms with Crippen LogP contribution in [0, 0.1) is 5.95 Å². The Hall–Kier alpha value is 0.0400. The van der Waals surface area contributed by atoms with Crippen LogP contribution in [0.1, 0.15) is 25.8 Å². The molecule has 62 valence electrons. The van der Waals surface area contributed by atoms with Crippen molar-refractivity contribution in [2.75, 3.05) is 0 Å². The van der Waals surface area contributed by atoms with Gasteiger partial charge in [0.1, 0.15) is 8.79 Å². The number of thiazole rings is 1. The van der Waals surface area contributed by atoms with Crippen molar-refractivity contribution < 1.29 is 4.39 Å². The Balaban J connectivity index is 3.08. The summed E-state index contributed by atoms with van der Waals surface area (Å²) in [7, 11) is 0. The van der Waals surface area contributed by atoms with Crippen LogP contribution in [0.4, 0.5) is 4.39 Å². The Morgan fingerprint density at radius 2 is 2.00 bits per heavy atom. The molecular formula is C7H9BrFNS. The van der Waals surface area contributed by atoms with Crippen molar-refractivity contribution in [3.8, 4) is 0 Å². The molecule has 1 nitrogen and oxygen atoms in total. The van der Waals surface area contributed by atoms with Gasteiger partial charge in [0.15, 0.2) is 0 Å². The molecule has 1 aromatic heterocycles. The SMILES string of the molecule is CC(C)(C)c1nc(F)c(Br)s1. The number of rotatable bonds is 0. The van der Waals surface area contributed by atoms with Crippen molar-refractivity contribution >= 4 is 27.3 Å². The minimum absolute atomic E-state index is 0.0580. The second-order valence-corrected chi connectivity index (χ2v) is 5.65. The lowest BCUT2D eigenvalue weighted by atomic mass is 9.98. The molecule has 0 aromatic carbocycles. The van der Waals surface area contributed by atoms with E-state index in [9.17, 15) is 4.39 Å². The lowest BCUT2D eigenvalue weighted by molar-refractivity contribution is 0.541. The topological polar surface area (TPSA) is 12.9 Å². The molecule has 1 aromatic rings. The normalized spacial score (nSPS) is 12.1. The van der Waals surface area contributed by atoms with Crippen LogP contribution in [-0.2, 0) is 5.41 Å². The molecule has 11 heavy (non-hydrogen) atoms. The number of aromatic nitrogens is 1. The van der Waals surface area contributed by atoms with Crippen molar-refractivity contribution in [3.05, 3.63) is 14.7 Å². The molecule has 0 aliphatic heterocycles. The Bertz CT molecular complexity index is 244. The largest absolute Gasteiger partial charge is 0.238 e. The van der Waals surface area contributed by atoms with E-state index >= 15 is 0 Å². The summed E-state index contributed by atoms with van der Waals surface area (Å²) >= 11 is 4.44. The first-order valence-electron chi connectivity index (χ1n) is 3.23. The van der Waals surface area contributed by atoms with E-state index < -0.39 is 5.95 Å². The zero-order valence-corrected chi connectivity index (χ0v) is 9.01. The second kappa shape index (κ2) is 2.83. The van der Waals surface area contributed by atoms with Crippen LogP contribution in [-0.4, -0.2) is 4.98 Å². The van der Waals surface area contributed by atoms with Crippen LogP contribution in [0.2, 0.25) is 0 Å². The fourth-order valence-electron chi connectivity index (χ4n) is 0.604. The molecule has 0 aliphatic carbocycles. The van der Waals surface area contributed by atoms with Crippen LogP contribution in [0.25, 0.3) is 0 Å². The van der Waals surface area contributed by atoms with Crippen LogP contribution in [0.3, 0.4) is 0 Å². The number of hydrogen-bond acceptors (Lipinski definition) is 2. The first kappa shape index (κ1) is 9.13. The third-order valence-electron chi connectivity index (χ3n) is 1.19. The van der Waals surface area contributed by atoms with Gasteiger partial charge < -0.3 is 0 Å². The molecule has 0 N–H and O–H groups in total. The van der Waals surface area contributed by atoms with Crippen LogP contribution in [0.15, 0.2) is 3.79 Å². The highest BCUT2D eigenvalue weighted by molar-refractivity contribution is 9.11. The molecule has 0 saturated carbocycles. The van der Waals surface area contributed by atoms with Gasteiger partial charge in [-0.1, -0.05) is 20.8 Å². The van der Waals surface area contributed by atoms with Crippen LogP contribution < -0.4 is 0 Å². The van der Waals surface area contributed by atoms with Gasteiger partial charge in [0.2, 0.25) is 5.95 Å². The maximum Gasteiger partial charge on any atom is 0.238 e. The first-order valence-corrected chi connectivity index (χ1v) is 4.84. The number of nitrogens with zero attached hydrogens (tertiary/aromatic N) is 1. The summed E-state index contributed by atoms with van der Waals surface area (Å²) in [5.74, 6) is -0.403. The number of halogens is 2. The van der Waals surface area contributed by atoms with Gasteiger partial charge in [-0.2, -0.15) is 4.39 Å². The van der Waals surface area contributed by atoms with E-state index in [0.29, 0.717) is 3.79 Å². The van der Waals surface area contributed by atoms with Crippen molar-refractivity contribution in [2.45, 2.75) is 26.2 Å². The Kier molecular flexibility index (Phi) is 2.35. The van der Waals surface area contributed by atoms with E-state index in [0.717, 1.165) is 5.01 Å². The Labute approximate surface area is 77.8 Å². The molecule has 1 rings (SSSR count). The van der Waals surface area contributed by atoms with Crippen molar-refractivity contribution in [1.82, 2.24) is 4.98 Å². The zero-order valence-electron chi connectivity index (χ0n) is 6.61. The molecule has 0 atom stereocenters. The minimum Gasteiger partial charge on any atom is -0.212 e. The molecule has 1 heterocycles. The van der Waals surface area contributed by atoms with Gasteiger partial charge in [-0.05, 0) is 15.9 Å². The molecule has 0 fully saturated rings. The average molecular weight is 238 g/mol. The third kappa shape index (κ3) is 1.99. The molecule has 0 unspecified atom stereocenters. The lowest BCUT2D eigenvalue weighted by Gasteiger charge is -2.12. The molecule has 0 spiro atoms. The minimum atomic E-state index is -0.403. The summed E-state index contributed by atoms with van der Waals surface area (Å²) in [6.07, 6.45) is 0. The summed E-state index contributed by atoms with van der Waals surface area (Å²) in [6, 6.07) is 0. The summed E-state index contributed by atoms with van der Waals surface area (Å²) < 4.78 is 13.2. The van der Waals surface area contributed by atoms with E-state index in [1.807, 2.05) is 20.8 Å². The van der Waals surface area contributed by atoms with Gasteiger partial charge in [-0.15, -0.1) is 11.3 Å². The fourth-order valence-corrected chi connectivity index (χ4v) is 1.88. The summed E-state index contributed by atoms with van der Waals surface area (Å²) in [4.78, 5) is 3.79. The predicted molar refractivity (Wildman–Crippen MR) is 48.5 cm³/mol. The van der Waals surface area contributed by atoms with Gasteiger partial charge >= 0.3 is 0 Å². The van der Waals surface area contributed by atoms with E-state index in [2.05, 4.69) is 20.9 Å². The van der Waals surface area contributed by atoms with Crippen molar-refractivity contribution in [2.24, 2.45) is 0 Å². The predicted octanol–water partition coefficient (Wildman–Crippen LogP) is 3.34. The summed E-state index contributed by atoms with van der Waals surface area (Å²) in [5.41, 5.74) is -0.0580. The maximum absolute atomic E-state index is 12.7. The highest BCUT2D eigenvalue weighted by Crippen LogP contribution is 2.31. The average Bonchev–Trinajstić information content (AvgIpc) is 2.11. The van der Waals surface area contributed by atoms with E-state index in [1.54, 1.807) is 0 Å². The van der Waals surface area contributed by atoms with E-state index in [1.165, 1.54) is 11.3 Å². The molecule has 0 saturated heterocycles. The van der Waals surface area contributed by atoms with Gasteiger partial charge in [0.05, 0.1) is 0 Å². The highest BCUT2D eigenvalue weighted by atomic mass is 79.9. The molecule has 0 bridgehead atoms. The van der Waals surface area contributed by atoms with Crippen molar-refractivity contribution in [3.63, 3.8) is 0 Å². The smallest absolute Gasteiger partial charge is 0.212 e. The van der Waals surface area contributed by atoms with Crippen LogP contribution >= 0.6 is 27.3 Å². The van der Waals surface area contributed by atoms with Gasteiger partial charge in [0, 0.05) is 5.41 Å². The first-order chi connectivity index (χ1) is 4.91. The quantitative estimate of drug-likeness (QED) is 0.675. The van der Waals surface area contributed by atoms with Gasteiger partial charge in [-0.25, -0.2) is 4.98 Å². The summed E-state index contributed by atoms with van der Waals surface area (Å²) in [5, 5.41) is 0.821.